The van der Waals surface area contributed by atoms with Crippen LogP contribution in [-0.2, 0) is 11.2 Å². The van der Waals surface area contributed by atoms with Crippen molar-refractivity contribution >= 4 is 11.9 Å². The minimum Gasteiger partial charge on any atom is -0.349 e. The van der Waals surface area contributed by atoms with Crippen LogP contribution < -0.4 is 10.2 Å². The first kappa shape index (κ1) is 13.5. The first-order valence-electron chi connectivity index (χ1n) is 6.55. The lowest BCUT2D eigenvalue weighted by atomic mass is 9.92. The Morgan fingerprint density at radius 1 is 1.63 bits per heavy atom. The Morgan fingerprint density at radius 2 is 2.42 bits per heavy atom. The van der Waals surface area contributed by atoms with Gasteiger partial charge in [-0.1, -0.05) is 6.08 Å². The van der Waals surface area contributed by atoms with Crippen molar-refractivity contribution in [3.63, 3.8) is 0 Å². The Morgan fingerprint density at radius 3 is 3.11 bits per heavy atom. The second-order valence-electron chi connectivity index (χ2n) is 4.97. The van der Waals surface area contributed by atoms with E-state index in [9.17, 15) is 4.79 Å². The van der Waals surface area contributed by atoms with Crippen molar-refractivity contribution in [1.29, 1.82) is 0 Å². The molecule has 0 aliphatic heterocycles. The molecule has 1 amide bonds. The number of amides is 1. The highest BCUT2D eigenvalue weighted by Crippen LogP contribution is 2.28. The fourth-order valence-corrected chi connectivity index (χ4v) is 2.29. The number of nitrogens with one attached hydrogen (secondary N) is 1. The number of carbonyl (C=O) groups excluding carboxylic acids is 1. The van der Waals surface area contributed by atoms with Gasteiger partial charge in [-0.15, -0.1) is 6.58 Å². The van der Waals surface area contributed by atoms with Gasteiger partial charge < -0.3 is 10.2 Å². The topological polar surface area (TPSA) is 58.1 Å². The fraction of sp³-hybridized carbons (Fsp3) is 0.500. The van der Waals surface area contributed by atoms with Gasteiger partial charge >= 0.3 is 0 Å². The zero-order valence-electron chi connectivity index (χ0n) is 11.5. The molecule has 1 N–H and O–H groups in total. The zero-order chi connectivity index (χ0) is 13.8. The summed E-state index contributed by atoms with van der Waals surface area (Å²) in [5.41, 5.74) is 2.10. The first-order valence-corrected chi connectivity index (χ1v) is 6.55. The van der Waals surface area contributed by atoms with E-state index in [1.807, 2.05) is 25.2 Å². The summed E-state index contributed by atoms with van der Waals surface area (Å²) in [4.78, 5) is 22.5. The Kier molecular flexibility index (Phi) is 4.14. The molecule has 1 unspecified atom stereocenters. The maximum absolute atomic E-state index is 11.7. The van der Waals surface area contributed by atoms with Crippen molar-refractivity contribution in [3.05, 3.63) is 30.1 Å². The largest absolute Gasteiger partial charge is 0.349 e. The molecule has 1 heterocycles. The molecule has 1 aliphatic rings. The molecule has 0 aromatic carbocycles. The number of aryl methyl sites for hydroxylation is 1. The van der Waals surface area contributed by atoms with Gasteiger partial charge in [0.25, 0.3) is 0 Å². The number of hydrogen-bond donors (Lipinski definition) is 1. The minimum absolute atomic E-state index is 0.00420. The van der Waals surface area contributed by atoms with Crippen molar-refractivity contribution in [2.45, 2.75) is 31.7 Å². The molecule has 19 heavy (non-hydrogen) atoms. The maximum Gasteiger partial charge on any atom is 0.225 e. The van der Waals surface area contributed by atoms with Crippen LogP contribution in [0.5, 0.6) is 0 Å². The summed E-state index contributed by atoms with van der Waals surface area (Å²) in [6, 6.07) is 0.0346. The maximum atomic E-state index is 11.7. The van der Waals surface area contributed by atoms with Gasteiger partial charge in [0.2, 0.25) is 11.9 Å². The first-order chi connectivity index (χ1) is 9.11. The highest BCUT2D eigenvalue weighted by molar-refractivity contribution is 5.77. The molecule has 1 atom stereocenters. The average Bonchev–Trinajstić information content (AvgIpc) is 2.38. The highest BCUT2D eigenvalue weighted by atomic mass is 16.1. The number of fused-ring (bicyclic) bond motifs is 1. The van der Waals surface area contributed by atoms with Crippen LogP contribution in [0.2, 0.25) is 0 Å². The third-order valence-electron chi connectivity index (χ3n) is 3.23. The van der Waals surface area contributed by atoms with Gasteiger partial charge in [-0.25, -0.2) is 9.97 Å². The molecule has 1 aliphatic carbocycles. The minimum atomic E-state index is 0.00420. The molecule has 1 aromatic rings. The van der Waals surface area contributed by atoms with Crippen LogP contribution >= 0.6 is 0 Å². The zero-order valence-corrected chi connectivity index (χ0v) is 11.5. The fourth-order valence-electron chi connectivity index (χ4n) is 2.29. The van der Waals surface area contributed by atoms with Crippen molar-refractivity contribution in [2.24, 2.45) is 0 Å². The Labute approximate surface area is 113 Å². The number of carbonyl (C=O) groups is 1. The summed E-state index contributed by atoms with van der Waals surface area (Å²) in [5, 5.41) is 3.02. The van der Waals surface area contributed by atoms with Crippen LogP contribution in [0.3, 0.4) is 0 Å². The molecule has 0 saturated carbocycles. The lowest BCUT2D eigenvalue weighted by molar-refractivity contribution is -0.121. The Bertz CT molecular complexity index is 484. The molecule has 2 rings (SSSR count). The van der Waals surface area contributed by atoms with E-state index in [1.165, 1.54) is 0 Å². The van der Waals surface area contributed by atoms with Crippen molar-refractivity contribution in [3.8, 4) is 0 Å². The quantitative estimate of drug-likeness (QED) is 0.836. The van der Waals surface area contributed by atoms with Crippen LogP contribution in [0.4, 0.5) is 5.95 Å². The molecular weight excluding hydrogens is 240 g/mol. The summed E-state index contributed by atoms with van der Waals surface area (Å²) in [7, 11) is 3.85. The lowest BCUT2D eigenvalue weighted by Gasteiger charge is -2.26. The second-order valence-corrected chi connectivity index (χ2v) is 4.97. The van der Waals surface area contributed by atoms with Crippen molar-refractivity contribution in [2.75, 3.05) is 19.0 Å². The van der Waals surface area contributed by atoms with Gasteiger partial charge in [-0.3, -0.25) is 4.79 Å². The molecule has 5 heteroatoms. The van der Waals surface area contributed by atoms with E-state index < -0.39 is 0 Å². The number of rotatable bonds is 4. The monoisotopic (exact) mass is 260 g/mol. The van der Waals surface area contributed by atoms with Crippen LogP contribution in [0, 0.1) is 0 Å². The predicted octanol–water partition coefficient (Wildman–Crippen LogP) is 1.61. The van der Waals surface area contributed by atoms with E-state index in [2.05, 4.69) is 21.9 Å². The van der Waals surface area contributed by atoms with E-state index >= 15 is 0 Å². The SMILES string of the molecule is C=CCC(=O)NC1CCCc2nc(N(C)C)ncc21. The van der Waals surface area contributed by atoms with Gasteiger partial charge in [0.05, 0.1) is 11.7 Å². The number of aromatic nitrogens is 2. The van der Waals surface area contributed by atoms with Gasteiger partial charge in [-0.2, -0.15) is 0 Å². The Hall–Kier alpha value is -1.91. The summed E-state index contributed by atoms with van der Waals surface area (Å²) in [5.74, 6) is 0.723. The third kappa shape index (κ3) is 3.10. The van der Waals surface area contributed by atoms with Crippen LogP contribution in [0.1, 0.15) is 36.6 Å². The van der Waals surface area contributed by atoms with Crippen LogP contribution in [0.25, 0.3) is 0 Å². The molecule has 0 saturated heterocycles. The van der Waals surface area contributed by atoms with Crippen LogP contribution in [0.15, 0.2) is 18.9 Å². The number of anilines is 1. The molecular formula is C14H20N4O. The Balaban J connectivity index is 2.19. The van der Waals surface area contributed by atoms with E-state index in [-0.39, 0.29) is 11.9 Å². The molecule has 1 aromatic heterocycles. The second kappa shape index (κ2) is 5.82. The third-order valence-corrected chi connectivity index (χ3v) is 3.23. The molecule has 0 spiro atoms. The molecule has 0 radical (unpaired) electrons. The molecule has 102 valence electrons. The standard InChI is InChI=1S/C14H20N4O/c1-4-6-13(19)16-11-7-5-8-12-10(11)9-15-14(17-12)18(2)3/h4,9,11H,1,5-8H2,2-3H3,(H,16,19). The predicted molar refractivity (Wildman–Crippen MR) is 75.0 cm³/mol. The van der Waals surface area contributed by atoms with E-state index in [0.717, 1.165) is 36.5 Å². The van der Waals surface area contributed by atoms with Crippen molar-refractivity contribution < 1.29 is 4.79 Å². The normalized spacial score (nSPS) is 17.5. The van der Waals surface area contributed by atoms with Gasteiger partial charge in [0.1, 0.15) is 0 Å². The highest BCUT2D eigenvalue weighted by Gasteiger charge is 2.23. The van der Waals surface area contributed by atoms with E-state index in [1.54, 1.807) is 6.08 Å². The summed E-state index contributed by atoms with van der Waals surface area (Å²) >= 11 is 0. The van der Waals surface area contributed by atoms with E-state index in [0.29, 0.717) is 6.42 Å². The van der Waals surface area contributed by atoms with E-state index in [4.69, 9.17) is 0 Å². The molecule has 0 fully saturated rings. The van der Waals surface area contributed by atoms with Crippen LogP contribution in [-0.4, -0.2) is 30.0 Å². The molecule has 0 bridgehead atoms. The number of nitrogens with zero attached hydrogens (tertiary/aromatic N) is 3. The van der Waals surface area contributed by atoms with Gasteiger partial charge in [0, 0.05) is 32.3 Å². The van der Waals surface area contributed by atoms with Crippen molar-refractivity contribution in [1.82, 2.24) is 15.3 Å². The smallest absolute Gasteiger partial charge is 0.225 e. The average molecular weight is 260 g/mol. The summed E-state index contributed by atoms with van der Waals surface area (Å²) in [6.07, 6.45) is 6.74. The molecule has 5 nitrogen and oxygen atoms in total. The summed E-state index contributed by atoms with van der Waals surface area (Å²) < 4.78 is 0. The van der Waals surface area contributed by atoms with Gasteiger partial charge in [-0.05, 0) is 19.3 Å². The summed E-state index contributed by atoms with van der Waals surface area (Å²) in [6.45, 7) is 3.58. The lowest BCUT2D eigenvalue weighted by Crippen LogP contribution is -2.31. The number of hydrogen-bond acceptors (Lipinski definition) is 4. The van der Waals surface area contributed by atoms with Gasteiger partial charge in [0.15, 0.2) is 0 Å².